The number of nitrogens with zero attached hydrogens (tertiary/aromatic N) is 3. The summed E-state index contributed by atoms with van der Waals surface area (Å²) in [6.45, 7) is 5.38. The highest BCUT2D eigenvalue weighted by atomic mass is 16.5. The number of pyridine rings is 1. The summed E-state index contributed by atoms with van der Waals surface area (Å²) in [5.74, 6) is 0. The first-order chi connectivity index (χ1) is 10.2. The van der Waals surface area contributed by atoms with Crippen LogP contribution in [0.25, 0.3) is 0 Å². The van der Waals surface area contributed by atoms with Crippen molar-refractivity contribution >= 4 is 5.69 Å². The van der Waals surface area contributed by atoms with Crippen LogP contribution in [0.3, 0.4) is 0 Å². The van der Waals surface area contributed by atoms with Gasteiger partial charge in [0.2, 0.25) is 0 Å². The molecule has 6 heteroatoms. The monoisotopic (exact) mass is 287 g/mol. The normalized spacial score (nSPS) is 19.6. The lowest BCUT2D eigenvalue weighted by molar-refractivity contribution is -0.0353. The number of hydrogen-bond donors (Lipinski definition) is 2. The Morgan fingerprint density at radius 3 is 3.14 bits per heavy atom. The SMILES string of the molecule is CNc1cc(C)nc(C2CN(Cc3cnc[nH]3)CCO2)c1. The quantitative estimate of drug-likeness (QED) is 0.896. The number of aromatic amines is 1. The molecule has 0 saturated carbocycles. The number of H-pyrrole nitrogens is 1. The molecule has 1 aliphatic rings. The molecule has 2 N–H and O–H groups in total. The zero-order valence-corrected chi connectivity index (χ0v) is 12.5. The van der Waals surface area contributed by atoms with Crippen LogP contribution in [0.2, 0.25) is 0 Å². The van der Waals surface area contributed by atoms with Crippen molar-refractivity contribution in [3.05, 3.63) is 41.7 Å². The zero-order valence-electron chi connectivity index (χ0n) is 12.5. The third kappa shape index (κ3) is 3.40. The van der Waals surface area contributed by atoms with Crippen molar-refractivity contribution in [2.45, 2.75) is 19.6 Å². The maximum atomic E-state index is 5.91. The third-order valence-electron chi connectivity index (χ3n) is 3.69. The first kappa shape index (κ1) is 14.0. The Kier molecular flexibility index (Phi) is 4.17. The zero-order chi connectivity index (χ0) is 14.7. The summed E-state index contributed by atoms with van der Waals surface area (Å²) in [6.07, 6.45) is 3.61. The van der Waals surface area contributed by atoms with E-state index in [2.05, 4.69) is 31.2 Å². The largest absolute Gasteiger partial charge is 0.388 e. The van der Waals surface area contributed by atoms with Gasteiger partial charge in [-0.2, -0.15) is 0 Å². The molecule has 112 valence electrons. The standard InChI is InChI=1S/C15H21N5O/c1-11-5-12(16-2)6-14(19-11)15-9-20(3-4-21-15)8-13-7-17-10-18-13/h5-7,10,15H,3-4,8-9H2,1-2H3,(H,16,19)(H,17,18). The van der Waals surface area contributed by atoms with E-state index >= 15 is 0 Å². The van der Waals surface area contributed by atoms with E-state index in [1.807, 2.05) is 26.2 Å². The minimum absolute atomic E-state index is 0.0219. The number of anilines is 1. The molecule has 2 aromatic rings. The Labute approximate surface area is 124 Å². The predicted octanol–water partition coefficient (Wildman–Crippen LogP) is 1.73. The van der Waals surface area contributed by atoms with Crippen molar-refractivity contribution in [1.82, 2.24) is 19.9 Å². The molecule has 1 atom stereocenters. The number of nitrogens with one attached hydrogen (secondary N) is 2. The Morgan fingerprint density at radius 1 is 1.48 bits per heavy atom. The fraction of sp³-hybridized carbons (Fsp3) is 0.467. The van der Waals surface area contributed by atoms with Gasteiger partial charge in [0.1, 0.15) is 6.10 Å². The van der Waals surface area contributed by atoms with E-state index in [9.17, 15) is 0 Å². The van der Waals surface area contributed by atoms with Crippen LogP contribution in [-0.4, -0.2) is 46.6 Å². The summed E-state index contributed by atoms with van der Waals surface area (Å²) in [4.78, 5) is 14.2. The van der Waals surface area contributed by atoms with Crippen LogP contribution < -0.4 is 5.32 Å². The van der Waals surface area contributed by atoms with E-state index < -0.39 is 0 Å². The molecule has 0 aromatic carbocycles. The van der Waals surface area contributed by atoms with Gasteiger partial charge in [-0.05, 0) is 19.1 Å². The fourth-order valence-electron chi connectivity index (χ4n) is 2.64. The van der Waals surface area contributed by atoms with Gasteiger partial charge in [0.05, 0.1) is 18.6 Å². The van der Waals surface area contributed by atoms with Gasteiger partial charge in [-0.15, -0.1) is 0 Å². The average Bonchev–Trinajstić information content (AvgIpc) is 3.00. The lowest BCUT2D eigenvalue weighted by Crippen LogP contribution is -2.38. The maximum absolute atomic E-state index is 5.91. The van der Waals surface area contributed by atoms with Crippen molar-refractivity contribution in [2.75, 3.05) is 32.1 Å². The number of morpholine rings is 1. The minimum atomic E-state index is 0.0219. The second kappa shape index (κ2) is 6.24. The van der Waals surface area contributed by atoms with Gasteiger partial charge in [0.15, 0.2) is 0 Å². The fourth-order valence-corrected chi connectivity index (χ4v) is 2.64. The first-order valence-electron chi connectivity index (χ1n) is 7.22. The molecule has 1 saturated heterocycles. The van der Waals surface area contributed by atoms with Crippen molar-refractivity contribution in [2.24, 2.45) is 0 Å². The molecule has 1 fully saturated rings. The van der Waals surface area contributed by atoms with Crippen LogP contribution in [0.1, 0.15) is 23.2 Å². The molecule has 3 rings (SSSR count). The van der Waals surface area contributed by atoms with E-state index in [-0.39, 0.29) is 6.10 Å². The topological polar surface area (TPSA) is 66.1 Å². The average molecular weight is 287 g/mol. The predicted molar refractivity (Wildman–Crippen MR) is 81.1 cm³/mol. The highest BCUT2D eigenvalue weighted by Gasteiger charge is 2.23. The van der Waals surface area contributed by atoms with Crippen LogP contribution in [0.5, 0.6) is 0 Å². The van der Waals surface area contributed by atoms with E-state index in [1.54, 1.807) is 6.33 Å². The maximum Gasteiger partial charge on any atom is 0.112 e. The van der Waals surface area contributed by atoms with Gasteiger partial charge in [0, 0.05) is 50.0 Å². The highest BCUT2D eigenvalue weighted by molar-refractivity contribution is 5.45. The van der Waals surface area contributed by atoms with Gasteiger partial charge in [-0.25, -0.2) is 4.98 Å². The summed E-state index contributed by atoms with van der Waals surface area (Å²) >= 11 is 0. The van der Waals surface area contributed by atoms with Gasteiger partial charge < -0.3 is 15.0 Å². The van der Waals surface area contributed by atoms with Crippen LogP contribution in [0, 0.1) is 6.92 Å². The number of rotatable bonds is 4. The van der Waals surface area contributed by atoms with Crippen LogP contribution in [0.4, 0.5) is 5.69 Å². The van der Waals surface area contributed by atoms with Crippen LogP contribution in [-0.2, 0) is 11.3 Å². The van der Waals surface area contributed by atoms with Gasteiger partial charge in [-0.1, -0.05) is 0 Å². The second-order valence-electron chi connectivity index (χ2n) is 5.34. The Bertz CT molecular complexity index is 584. The smallest absolute Gasteiger partial charge is 0.112 e. The number of aryl methyl sites for hydroxylation is 1. The number of hydrogen-bond acceptors (Lipinski definition) is 5. The van der Waals surface area contributed by atoms with Crippen molar-refractivity contribution in [3.63, 3.8) is 0 Å². The van der Waals surface area contributed by atoms with Crippen LogP contribution >= 0.6 is 0 Å². The second-order valence-corrected chi connectivity index (χ2v) is 5.34. The molecule has 1 aliphatic heterocycles. The number of imidazole rings is 1. The van der Waals surface area contributed by atoms with Gasteiger partial charge >= 0.3 is 0 Å². The number of ether oxygens (including phenoxy) is 1. The third-order valence-corrected chi connectivity index (χ3v) is 3.69. The molecular formula is C15H21N5O. The minimum Gasteiger partial charge on any atom is -0.388 e. The summed E-state index contributed by atoms with van der Waals surface area (Å²) in [7, 11) is 1.92. The van der Waals surface area contributed by atoms with E-state index in [4.69, 9.17) is 4.74 Å². The molecule has 21 heavy (non-hydrogen) atoms. The summed E-state index contributed by atoms with van der Waals surface area (Å²) < 4.78 is 5.91. The molecule has 0 radical (unpaired) electrons. The lowest BCUT2D eigenvalue weighted by Gasteiger charge is -2.32. The summed E-state index contributed by atoms with van der Waals surface area (Å²) in [5, 5.41) is 3.17. The van der Waals surface area contributed by atoms with Crippen LogP contribution in [0.15, 0.2) is 24.7 Å². The molecular weight excluding hydrogens is 266 g/mol. The van der Waals surface area contributed by atoms with Crippen molar-refractivity contribution < 1.29 is 4.74 Å². The number of aromatic nitrogens is 3. The first-order valence-corrected chi connectivity index (χ1v) is 7.22. The van der Waals surface area contributed by atoms with Crippen molar-refractivity contribution in [1.29, 1.82) is 0 Å². The Balaban J connectivity index is 1.72. The summed E-state index contributed by atoms with van der Waals surface area (Å²) in [5.41, 5.74) is 4.20. The molecule has 0 amide bonds. The molecule has 0 aliphatic carbocycles. The van der Waals surface area contributed by atoms with E-state index in [0.29, 0.717) is 0 Å². The van der Waals surface area contributed by atoms with E-state index in [1.165, 1.54) is 0 Å². The molecule has 3 heterocycles. The Hall–Kier alpha value is -1.92. The molecule has 0 spiro atoms. The molecule has 1 unspecified atom stereocenters. The highest BCUT2D eigenvalue weighted by Crippen LogP contribution is 2.24. The molecule has 0 bridgehead atoms. The molecule has 2 aromatic heterocycles. The van der Waals surface area contributed by atoms with Crippen molar-refractivity contribution in [3.8, 4) is 0 Å². The Morgan fingerprint density at radius 2 is 2.38 bits per heavy atom. The van der Waals surface area contributed by atoms with Gasteiger partial charge in [0.25, 0.3) is 0 Å². The molecule has 6 nitrogen and oxygen atoms in total. The van der Waals surface area contributed by atoms with E-state index in [0.717, 1.165) is 49.0 Å². The van der Waals surface area contributed by atoms with Gasteiger partial charge in [-0.3, -0.25) is 9.88 Å². The summed E-state index contributed by atoms with van der Waals surface area (Å²) in [6, 6.07) is 4.10. The lowest BCUT2D eigenvalue weighted by atomic mass is 10.1.